The number of piperidine rings is 1. The van der Waals surface area contributed by atoms with Gasteiger partial charge in [-0.3, -0.25) is 9.59 Å². The lowest BCUT2D eigenvalue weighted by molar-refractivity contribution is -0.139. The van der Waals surface area contributed by atoms with E-state index in [4.69, 9.17) is 4.42 Å². The molecule has 126 valence electrons. The van der Waals surface area contributed by atoms with Gasteiger partial charge in [0.2, 0.25) is 5.91 Å². The summed E-state index contributed by atoms with van der Waals surface area (Å²) in [4.78, 5) is 29.1. The Morgan fingerprint density at radius 3 is 2.48 bits per heavy atom. The summed E-state index contributed by atoms with van der Waals surface area (Å²) >= 11 is 0. The maximum Gasteiger partial charge on any atom is 0.257 e. The van der Waals surface area contributed by atoms with E-state index in [1.54, 1.807) is 6.07 Å². The second-order valence-electron chi connectivity index (χ2n) is 6.64. The van der Waals surface area contributed by atoms with Crippen LogP contribution in [0.1, 0.15) is 55.8 Å². The predicted octanol–water partition coefficient (Wildman–Crippen LogP) is 2.92. The summed E-state index contributed by atoms with van der Waals surface area (Å²) in [6, 6.07) is 2.14. The van der Waals surface area contributed by atoms with Gasteiger partial charge in [0, 0.05) is 31.6 Å². The van der Waals surface area contributed by atoms with Crippen molar-refractivity contribution >= 4 is 11.8 Å². The summed E-state index contributed by atoms with van der Waals surface area (Å²) in [7, 11) is 0. The highest BCUT2D eigenvalue weighted by atomic mass is 16.3. The molecule has 1 aliphatic carbocycles. The Labute approximate surface area is 137 Å². The lowest BCUT2D eigenvalue weighted by atomic mass is 9.94. The minimum Gasteiger partial charge on any atom is -0.472 e. The van der Waals surface area contributed by atoms with Crippen LogP contribution in [0.5, 0.6) is 0 Å². The van der Waals surface area contributed by atoms with Gasteiger partial charge in [0.05, 0.1) is 11.8 Å². The smallest absolute Gasteiger partial charge is 0.257 e. The molecule has 1 aliphatic heterocycles. The number of amides is 2. The van der Waals surface area contributed by atoms with Gasteiger partial charge in [-0.1, -0.05) is 12.8 Å². The van der Waals surface area contributed by atoms with Crippen molar-refractivity contribution in [1.29, 1.82) is 0 Å². The van der Waals surface area contributed by atoms with E-state index in [1.807, 2.05) is 4.90 Å². The van der Waals surface area contributed by atoms with E-state index in [0.29, 0.717) is 30.6 Å². The maximum atomic E-state index is 12.8. The fourth-order valence-electron chi connectivity index (χ4n) is 3.94. The third kappa shape index (κ3) is 3.43. The first-order valence-electron chi connectivity index (χ1n) is 8.82. The number of carbonyl (C=O) groups excluding carboxylic acids is 2. The van der Waals surface area contributed by atoms with Crippen LogP contribution in [-0.4, -0.2) is 47.3 Å². The van der Waals surface area contributed by atoms with E-state index < -0.39 is 0 Å². The molecule has 2 amide bonds. The molecule has 2 aliphatic rings. The molecule has 2 heterocycles. The van der Waals surface area contributed by atoms with Crippen LogP contribution in [0.15, 0.2) is 23.0 Å². The van der Waals surface area contributed by atoms with Crippen LogP contribution in [0.4, 0.5) is 0 Å². The van der Waals surface area contributed by atoms with Crippen LogP contribution in [-0.2, 0) is 4.79 Å². The standard InChI is InChI=1S/C18H26N2O3/c1-2-20(16-5-3-4-6-16)18(22)14-7-10-19(11-8-14)17(21)15-9-12-23-13-15/h9,12-14,16H,2-8,10-11H2,1H3. The van der Waals surface area contributed by atoms with Gasteiger partial charge in [0.25, 0.3) is 5.91 Å². The van der Waals surface area contributed by atoms with Crippen molar-refractivity contribution in [2.45, 2.75) is 51.5 Å². The average Bonchev–Trinajstić information content (AvgIpc) is 3.29. The molecule has 5 nitrogen and oxygen atoms in total. The number of hydrogen-bond donors (Lipinski definition) is 0. The van der Waals surface area contributed by atoms with E-state index in [9.17, 15) is 9.59 Å². The molecule has 0 aromatic carbocycles. The molecule has 23 heavy (non-hydrogen) atoms. The molecule has 1 aromatic rings. The molecule has 2 fully saturated rings. The topological polar surface area (TPSA) is 53.8 Å². The summed E-state index contributed by atoms with van der Waals surface area (Å²) in [5, 5.41) is 0. The van der Waals surface area contributed by atoms with Crippen molar-refractivity contribution in [1.82, 2.24) is 9.80 Å². The van der Waals surface area contributed by atoms with Crippen LogP contribution in [0.2, 0.25) is 0 Å². The highest BCUT2D eigenvalue weighted by molar-refractivity contribution is 5.94. The van der Waals surface area contributed by atoms with E-state index in [1.165, 1.54) is 25.4 Å². The molecule has 0 unspecified atom stereocenters. The van der Waals surface area contributed by atoms with Gasteiger partial charge in [-0.15, -0.1) is 0 Å². The number of hydrogen-bond acceptors (Lipinski definition) is 3. The molecule has 0 bridgehead atoms. The van der Waals surface area contributed by atoms with Crippen molar-refractivity contribution in [3.8, 4) is 0 Å². The van der Waals surface area contributed by atoms with Crippen LogP contribution in [0.25, 0.3) is 0 Å². The molecule has 1 aromatic heterocycles. The van der Waals surface area contributed by atoms with Crippen LogP contribution >= 0.6 is 0 Å². The molecule has 1 saturated heterocycles. The van der Waals surface area contributed by atoms with Gasteiger partial charge >= 0.3 is 0 Å². The Bertz CT molecular complexity index is 526. The zero-order valence-corrected chi connectivity index (χ0v) is 13.9. The monoisotopic (exact) mass is 318 g/mol. The molecular formula is C18H26N2O3. The zero-order valence-electron chi connectivity index (χ0n) is 13.9. The summed E-state index contributed by atoms with van der Waals surface area (Å²) < 4.78 is 4.98. The summed E-state index contributed by atoms with van der Waals surface area (Å²) in [5.41, 5.74) is 0.593. The molecule has 3 rings (SSSR count). The summed E-state index contributed by atoms with van der Waals surface area (Å²) in [5.74, 6) is 0.381. The molecule has 0 N–H and O–H groups in total. The lowest BCUT2D eigenvalue weighted by Crippen LogP contribution is -2.47. The summed E-state index contributed by atoms with van der Waals surface area (Å²) in [6.45, 7) is 4.19. The first-order valence-corrected chi connectivity index (χ1v) is 8.82. The number of likely N-dealkylation sites (tertiary alicyclic amines) is 1. The van der Waals surface area contributed by atoms with Crippen molar-refractivity contribution in [2.75, 3.05) is 19.6 Å². The summed E-state index contributed by atoms with van der Waals surface area (Å²) in [6.07, 6.45) is 9.33. The Morgan fingerprint density at radius 1 is 1.22 bits per heavy atom. The highest BCUT2D eigenvalue weighted by Crippen LogP contribution is 2.27. The average molecular weight is 318 g/mol. The SMILES string of the molecule is CCN(C(=O)C1CCN(C(=O)c2ccoc2)CC1)C1CCCC1. The van der Waals surface area contributed by atoms with Gasteiger partial charge in [-0.05, 0) is 38.7 Å². The second-order valence-corrected chi connectivity index (χ2v) is 6.64. The van der Waals surface area contributed by atoms with E-state index >= 15 is 0 Å². The molecule has 5 heteroatoms. The quantitative estimate of drug-likeness (QED) is 0.857. The number of carbonyl (C=O) groups is 2. The minimum absolute atomic E-state index is 0.00721. The zero-order chi connectivity index (χ0) is 16.2. The highest BCUT2D eigenvalue weighted by Gasteiger charge is 2.33. The van der Waals surface area contributed by atoms with Crippen molar-refractivity contribution in [3.63, 3.8) is 0 Å². The van der Waals surface area contributed by atoms with Crippen LogP contribution < -0.4 is 0 Å². The van der Waals surface area contributed by atoms with Gasteiger partial charge in [0.15, 0.2) is 0 Å². The molecule has 0 radical (unpaired) electrons. The number of furan rings is 1. The fraction of sp³-hybridized carbons (Fsp3) is 0.667. The largest absolute Gasteiger partial charge is 0.472 e. The normalized spacial score (nSPS) is 20.0. The number of nitrogens with zero attached hydrogens (tertiary/aromatic N) is 2. The second kappa shape index (κ2) is 7.20. The first-order chi connectivity index (χ1) is 11.2. The third-order valence-corrected chi connectivity index (χ3v) is 5.29. The van der Waals surface area contributed by atoms with Crippen molar-refractivity contribution in [2.24, 2.45) is 5.92 Å². The minimum atomic E-state index is 0.00721. The number of rotatable bonds is 4. The molecular weight excluding hydrogens is 292 g/mol. The Kier molecular flexibility index (Phi) is 5.03. The van der Waals surface area contributed by atoms with Crippen molar-refractivity contribution in [3.05, 3.63) is 24.2 Å². The molecule has 0 atom stereocenters. The molecule has 1 saturated carbocycles. The lowest BCUT2D eigenvalue weighted by Gasteiger charge is -2.36. The Hall–Kier alpha value is -1.78. The fourth-order valence-corrected chi connectivity index (χ4v) is 3.94. The predicted molar refractivity (Wildman–Crippen MR) is 87.0 cm³/mol. The van der Waals surface area contributed by atoms with Crippen molar-refractivity contribution < 1.29 is 14.0 Å². The third-order valence-electron chi connectivity index (χ3n) is 5.29. The van der Waals surface area contributed by atoms with Crippen LogP contribution in [0.3, 0.4) is 0 Å². The van der Waals surface area contributed by atoms with Crippen LogP contribution in [0, 0.1) is 5.92 Å². The molecule has 0 spiro atoms. The maximum absolute atomic E-state index is 12.8. The van der Waals surface area contributed by atoms with E-state index in [0.717, 1.165) is 32.2 Å². The van der Waals surface area contributed by atoms with Gasteiger partial charge in [-0.2, -0.15) is 0 Å². The van der Waals surface area contributed by atoms with Gasteiger partial charge in [-0.25, -0.2) is 0 Å². The van der Waals surface area contributed by atoms with E-state index in [-0.39, 0.29) is 11.8 Å². The van der Waals surface area contributed by atoms with Gasteiger partial charge in [0.1, 0.15) is 6.26 Å². The first kappa shape index (κ1) is 16.1. The Morgan fingerprint density at radius 2 is 1.91 bits per heavy atom. The van der Waals surface area contributed by atoms with Gasteiger partial charge < -0.3 is 14.2 Å². The Balaban J connectivity index is 1.55. The van der Waals surface area contributed by atoms with E-state index in [2.05, 4.69) is 11.8 Å².